The zero-order valence-electron chi connectivity index (χ0n) is 18.0. The first kappa shape index (κ1) is 23.0. The Bertz CT molecular complexity index is 884. The lowest BCUT2D eigenvalue weighted by atomic mass is 10.1. The van der Waals surface area contributed by atoms with Gasteiger partial charge in [0.05, 0.1) is 0 Å². The van der Waals surface area contributed by atoms with Gasteiger partial charge in [-0.2, -0.15) is 4.98 Å². The number of aromatic nitrogens is 2. The van der Waals surface area contributed by atoms with E-state index in [4.69, 9.17) is 9.26 Å². The lowest BCUT2D eigenvalue weighted by Gasteiger charge is -2.25. The summed E-state index contributed by atoms with van der Waals surface area (Å²) >= 11 is 0. The summed E-state index contributed by atoms with van der Waals surface area (Å²) in [6, 6.07) is 7.77. The Morgan fingerprint density at radius 3 is 2.70 bits per heavy atom. The highest BCUT2D eigenvalue weighted by Crippen LogP contribution is 2.15. The third-order valence-electron chi connectivity index (χ3n) is 4.31. The number of allylic oxidation sites excluding steroid dienone is 1. The first-order chi connectivity index (χ1) is 14.4. The predicted octanol–water partition coefficient (Wildman–Crippen LogP) is 3.93. The van der Waals surface area contributed by atoms with E-state index < -0.39 is 0 Å². The van der Waals surface area contributed by atoms with E-state index in [9.17, 15) is 4.79 Å². The molecule has 0 atom stereocenters. The van der Waals surface area contributed by atoms with E-state index in [2.05, 4.69) is 33.8 Å². The van der Waals surface area contributed by atoms with Crippen molar-refractivity contribution in [3.63, 3.8) is 0 Å². The van der Waals surface area contributed by atoms with Crippen molar-refractivity contribution in [3.05, 3.63) is 47.7 Å². The largest absolute Gasteiger partial charge is 0.484 e. The molecule has 0 bridgehead atoms. The number of aryl methyl sites for hydroxylation is 1. The van der Waals surface area contributed by atoms with Crippen LogP contribution in [-0.2, 0) is 17.8 Å². The van der Waals surface area contributed by atoms with Crippen LogP contribution in [0, 0.1) is 0 Å². The average molecular weight is 412 g/mol. The minimum absolute atomic E-state index is 0.0525. The molecule has 0 radical (unpaired) electrons. The summed E-state index contributed by atoms with van der Waals surface area (Å²) in [5.74, 6) is 1.26. The number of benzene rings is 1. The second-order valence-electron chi connectivity index (χ2n) is 7.07. The van der Waals surface area contributed by atoms with Gasteiger partial charge in [0.25, 0.3) is 5.91 Å². The van der Waals surface area contributed by atoms with Crippen molar-refractivity contribution < 1.29 is 14.1 Å². The normalized spacial score (nSPS) is 11.8. The Kier molecular flexibility index (Phi) is 8.93. The van der Waals surface area contributed by atoms with Gasteiger partial charge < -0.3 is 14.2 Å². The molecule has 0 aliphatic carbocycles. The van der Waals surface area contributed by atoms with Crippen LogP contribution in [0.1, 0.15) is 51.4 Å². The zero-order valence-corrected chi connectivity index (χ0v) is 18.0. The van der Waals surface area contributed by atoms with Gasteiger partial charge in [0.2, 0.25) is 5.89 Å². The van der Waals surface area contributed by atoms with Gasteiger partial charge in [0.1, 0.15) is 18.6 Å². The second kappa shape index (κ2) is 11.6. The smallest absolute Gasteiger partial charge is 0.261 e. The molecule has 1 amide bonds. The lowest BCUT2D eigenvalue weighted by Crippen LogP contribution is -2.39. The topological polar surface area (TPSA) is 93.2 Å². The maximum atomic E-state index is 12.7. The summed E-state index contributed by atoms with van der Waals surface area (Å²) in [6.07, 6.45) is 5.00. The number of ether oxygens (including phenoxy) is 1. The van der Waals surface area contributed by atoms with Crippen LogP contribution in [0.3, 0.4) is 0 Å². The number of carbonyl (C=O) groups is 1. The molecular formula is C22H29N5O3. The molecule has 1 aromatic heterocycles. The van der Waals surface area contributed by atoms with E-state index in [1.165, 1.54) is 11.9 Å². The number of rotatable bonds is 11. The second-order valence-corrected chi connectivity index (χ2v) is 7.07. The Morgan fingerprint density at radius 1 is 1.33 bits per heavy atom. The fourth-order valence-corrected chi connectivity index (χ4v) is 2.70. The highest BCUT2D eigenvalue weighted by atomic mass is 16.5. The highest BCUT2D eigenvalue weighted by Gasteiger charge is 2.21. The van der Waals surface area contributed by atoms with Crippen LogP contribution in [0.4, 0.5) is 0 Å². The molecule has 0 fully saturated rings. The fourth-order valence-electron chi connectivity index (χ4n) is 2.70. The van der Waals surface area contributed by atoms with Gasteiger partial charge in [-0.15, -0.1) is 0 Å². The molecule has 0 aliphatic heterocycles. The Hall–Kier alpha value is -3.29. The maximum Gasteiger partial charge on any atom is 0.261 e. The molecule has 30 heavy (non-hydrogen) atoms. The molecular weight excluding hydrogens is 382 g/mol. The molecule has 0 saturated heterocycles. The number of amides is 1. The molecule has 2 aromatic rings. The molecule has 0 N–H and O–H groups in total. The first-order valence-corrected chi connectivity index (χ1v) is 9.93. The summed E-state index contributed by atoms with van der Waals surface area (Å²) in [5, 5.41) is 3.94. The highest BCUT2D eigenvalue weighted by molar-refractivity contribution is 5.78. The molecule has 1 aromatic carbocycles. The SMILES string of the molecule is C=N/C=N\C=C(/C)c1noc(CN(C(=O)COc2ccc(CCC)cc2)C(C)C)n1. The van der Waals surface area contributed by atoms with Crippen molar-refractivity contribution in [3.8, 4) is 5.75 Å². The average Bonchev–Trinajstić information content (AvgIpc) is 3.20. The van der Waals surface area contributed by atoms with Gasteiger partial charge in [0.15, 0.2) is 12.4 Å². The zero-order chi connectivity index (χ0) is 21.9. The number of hydrogen-bond donors (Lipinski definition) is 0. The number of nitrogens with zero attached hydrogens (tertiary/aromatic N) is 5. The van der Waals surface area contributed by atoms with Gasteiger partial charge in [0, 0.05) is 17.8 Å². The van der Waals surface area contributed by atoms with E-state index in [1.54, 1.807) is 18.0 Å². The van der Waals surface area contributed by atoms with Crippen molar-refractivity contribution in [2.75, 3.05) is 6.61 Å². The molecule has 0 unspecified atom stereocenters. The van der Waals surface area contributed by atoms with Crippen LogP contribution in [0.15, 0.2) is 45.0 Å². The van der Waals surface area contributed by atoms with Crippen LogP contribution >= 0.6 is 0 Å². The Balaban J connectivity index is 1.98. The van der Waals surface area contributed by atoms with Gasteiger partial charge in [-0.1, -0.05) is 30.6 Å². The van der Waals surface area contributed by atoms with E-state index in [1.807, 2.05) is 38.1 Å². The Labute approximate surface area is 177 Å². The summed E-state index contributed by atoms with van der Waals surface area (Å²) in [6.45, 7) is 11.3. The van der Waals surface area contributed by atoms with Crippen molar-refractivity contribution in [1.82, 2.24) is 15.0 Å². The quantitative estimate of drug-likeness (QED) is 0.413. The number of carbonyl (C=O) groups excluding carboxylic acids is 1. The summed E-state index contributed by atoms with van der Waals surface area (Å²) < 4.78 is 11.0. The van der Waals surface area contributed by atoms with Crippen LogP contribution in [0.2, 0.25) is 0 Å². The van der Waals surface area contributed by atoms with Crippen LogP contribution in [-0.4, -0.2) is 46.7 Å². The van der Waals surface area contributed by atoms with Gasteiger partial charge in [-0.05, 0) is 51.6 Å². The van der Waals surface area contributed by atoms with Crippen molar-refractivity contribution in [2.45, 2.75) is 53.1 Å². The predicted molar refractivity (Wildman–Crippen MR) is 118 cm³/mol. The lowest BCUT2D eigenvalue weighted by molar-refractivity contribution is -0.136. The van der Waals surface area contributed by atoms with Gasteiger partial charge >= 0.3 is 0 Å². The standard InChI is InChI=1S/C22H29N5O3/c1-6-7-18-8-10-19(11-9-18)29-14-21(28)27(16(2)3)13-20-25-22(26-30-20)17(4)12-24-15-23-5/h8-12,15-16H,5-7,13-14H2,1-4H3/b17-12+,24-15-. The molecule has 8 nitrogen and oxygen atoms in total. The minimum Gasteiger partial charge on any atom is -0.484 e. The Morgan fingerprint density at radius 2 is 2.07 bits per heavy atom. The minimum atomic E-state index is -0.156. The fraction of sp³-hybridized carbons (Fsp3) is 0.409. The first-order valence-electron chi connectivity index (χ1n) is 9.93. The number of hydrogen-bond acceptors (Lipinski definition) is 6. The van der Waals surface area contributed by atoms with E-state index >= 15 is 0 Å². The van der Waals surface area contributed by atoms with Crippen molar-refractivity contribution in [1.29, 1.82) is 0 Å². The molecule has 8 heteroatoms. The maximum absolute atomic E-state index is 12.7. The summed E-state index contributed by atoms with van der Waals surface area (Å²) in [5.41, 5.74) is 1.96. The monoisotopic (exact) mass is 411 g/mol. The van der Waals surface area contributed by atoms with Crippen LogP contribution in [0.5, 0.6) is 5.75 Å². The van der Waals surface area contributed by atoms with E-state index in [0.29, 0.717) is 23.0 Å². The van der Waals surface area contributed by atoms with E-state index in [0.717, 1.165) is 12.8 Å². The molecule has 160 valence electrons. The molecule has 1 heterocycles. The van der Waals surface area contributed by atoms with Crippen LogP contribution < -0.4 is 4.74 Å². The number of aliphatic imine (C=N–C) groups is 2. The summed E-state index contributed by atoms with van der Waals surface area (Å²) in [7, 11) is 0. The van der Waals surface area contributed by atoms with Gasteiger partial charge in [-0.3, -0.25) is 9.79 Å². The van der Waals surface area contributed by atoms with Crippen LogP contribution in [0.25, 0.3) is 5.57 Å². The molecule has 2 rings (SSSR count). The molecule has 0 saturated carbocycles. The summed E-state index contributed by atoms with van der Waals surface area (Å²) in [4.78, 5) is 26.2. The third kappa shape index (κ3) is 6.95. The van der Waals surface area contributed by atoms with Crippen molar-refractivity contribution in [2.24, 2.45) is 9.98 Å². The third-order valence-corrected chi connectivity index (χ3v) is 4.31. The van der Waals surface area contributed by atoms with Crippen molar-refractivity contribution >= 4 is 24.5 Å². The molecule has 0 spiro atoms. The van der Waals surface area contributed by atoms with Gasteiger partial charge in [-0.25, -0.2) is 4.99 Å². The molecule has 0 aliphatic rings. The van der Waals surface area contributed by atoms with E-state index in [-0.39, 0.29) is 25.1 Å².